The van der Waals surface area contributed by atoms with E-state index in [1.54, 1.807) is 4.90 Å². The van der Waals surface area contributed by atoms with Gasteiger partial charge in [-0.15, -0.1) is 0 Å². The summed E-state index contributed by atoms with van der Waals surface area (Å²) < 4.78 is 0.948. The third-order valence-electron chi connectivity index (χ3n) is 3.80. The molecule has 1 amide bonds. The molecule has 4 heteroatoms. The van der Waals surface area contributed by atoms with Crippen LogP contribution in [0.4, 0.5) is 5.69 Å². The Morgan fingerprint density at radius 2 is 1.95 bits per heavy atom. The van der Waals surface area contributed by atoms with Crippen LogP contribution in [-0.2, 0) is 0 Å². The van der Waals surface area contributed by atoms with Crippen molar-refractivity contribution in [1.82, 2.24) is 0 Å². The fourth-order valence-corrected chi connectivity index (χ4v) is 2.94. The van der Waals surface area contributed by atoms with Crippen molar-refractivity contribution in [3.8, 4) is 0 Å². The van der Waals surface area contributed by atoms with Crippen molar-refractivity contribution in [3.63, 3.8) is 0 Å². The van der Waals surface area contributed by atoms with Gasteiger partial charge in [0.2, 0.25) is 0 Å². The molecule has 0 fully saturated rings. The van der Waals surface area contributed by atoms with Crippen molar-refractivity contribution in [2.45, 2.75) is 19.4 Å². The molecule has 1 aliphatic heterocycles. The molecular formula is C17H16BrNO2. The lowest BCUT2D eigenvalue weighted by atomic mass is 9.96. The van der Waals surface area contributed by atoms with E-state index >= 15 is 0 Å². The van der Waals surface area contributed by atoms with E-state index in [-0.39, 0.29) is 5.91 Å². The van der Waals surface area contributed by atoms with Crippen LogP contribution in [0.25, 0.3) is 0 Å². The molecule has 1 N–H and O–H groups in total. The zero-order valence-electron chi connectivity index (χ0n) is 11.7. The lowest BCUT2D eigenvalue weighted by Crippen LogP contribution is -2.36. The van der Waals surface area contributed by atoms with Gasteiger partial charge in [-0.1, -0.05) is 33.6 Å². The molecule has 1 aliphatic rings. The Morgan fingerprint density at radius 3 is 2.67 bits per heavy atom. The molecule has 1 atom stereocenters. The number of benzene rings is 2. The van der Waals surface area contributed by atoms with E-state index in [0.29, 0.717) is 18.5 Å². The Labute approximate surface area is 132 Å². The summed E-state index contributed by atoms with van der Waals surface area (Å²) in [6.07, 6.45) is 0.0764. The highest BCUT2D eigenvalue weighted by atomic mass is 79.9. The molecule has 2 aromatic rings. The SMILES string of the molecule is Cc1ccc2c(c1)C(O)CCN2C(=O)c1ccc(Br)cc1. The molecule has 0 saturated heterocycles. The molecule has 3 rings (SSSR count). The van der Waals surface area contributed by atoms with E-state index in [1.165, 1.54) is 0 Å². The highest BCUT2D eigenvalue weighted by Crippen LogP contribution is 2.35. The van der Waals surface area contributed by atoms with Crippen LogP contribution in [0.5, 0.6) is 0 Å². The third-order valence-corrected chi connectivity index (χ3v) is 4.32. The molecule has 0 radical (unpaired) electrons. The first kappa shape index (κ1) is 14.3. The number of aliphatic hydroxyl groups excluding tert-OH is 1. The average molecular weight is 346 g/mol. The summed E-state index contributed by atoms with van der Waals surface area (Å²) in [4.78, 5) is 14.4. The van der Waals surface area contributed by atoms with Gasteiger partial charge in [0.15, 0.2) is 0 Å². The number of carbonyl (C=O) groups is 1. The second-order valence-electron chi connectivity index (χ2n) is 5.33. The fourth-order valence-electron chi connectivity index (χ4n) is 2.67. The molecule has 0 aromatic heterocycles. The summed E-state index contributed by atoms with van der Waals surface area (Å²) in [7, 11) is 0. The van der Waals surface area contributed by atoms with Crippen LogP contribution in [-0.4, -0.2) is 17.6 Å². The van der Waals surface area contributed by atoms with Crippen LogP contribution < -0.4 is 4.90 Å². The van der Waals surface area contributed by atoms with Crippen LogP contribution in [0.15, 0.2) is 46.9 Å². The summed E-state index contributed by atoms with van der Waals surface area (Å²) in [5.41, 5.74) is 3.39. The smallest absolute Gasteiger partial charge is 0.258 e. The minimum absolute atomic E-state index is 0.0282. The number of aliphatic hydroxyl groups is 1. The zero-order valence-corrected chi connectivity index (χ0v) is 13.3. The lowest BCUT2D eigenvalue weighted by molar-refractivity contribution is 0.0970. The highest BCUT2D eigenvalue weighted by Gasteiger charge is 2.28. The number of fused-ring (bicyclic) bond motifs is 1. The summed E-state index contributed by atoms with van der Waals surface area (Å²) in [5.74, 6) is -0.0282. The maximum absolute atomic E-state index is 12.7. The molecule has 0 bridgehead atoms. The van der Waals surface area contributed by atoms with E-state index in [1.807, 2.05) is 49.4 Å². The van der Waals surface area contributed by atoms with Crippen molar-refractivity contribution in [2.75, 3.05) is 11.4 Å². The van der Waals surface area contributed by atoms with Gasteiger partial charge >= 0.3 is 0 Å². The largest absolute Gasteiger partial charge is 0.388 e. The van der Waals surface area contributed by atoms with Crippen molar-refractivity contribution in [3.05, 3.63) is 63.6 Å². The second kappa shape index (κ2) is 5.62. The zero-order chi connectivity index (χ0) is 15.0. The highest BCUT2D eigenvalue weighted by molar-refractivity contribution is 9.10. The van der Waals surface area contributed by atoms with Gasteiger partial charge in [0.05, 0.1) is 6.10 Å². The fraction of sp³-hybridized carbons (Fsp3) is 0.235. The van der Waals surface area contributed by atoms with Gasteiger partial charge in [0.1, 0.15) is 0 Å². The van der Waals surface area contributed by atoms with Crippen LogP contribution in [0.3, 0.4) is 0 Å². The van der Waals surface area contributed by atoms with Gasteiger partial charge in [0.25, 0.3) is 5.91 Å². The number of anilines is 1. The van der Waals surface area contributed by atoms with Gasteiger partial charge in [-0.05, 0) is 43.7 Å². The summed E-state index contributed by atoms with van der Waals surface area (Å²) in [6, 6.07) is 13.2. The summed E-state index contributed by atoms with van der Waals surface area (Å²) in [6.45, 7) is 2.52. The number of carbonyl (C=O) groups excluding carboxylic acids is 1. The van der Waals surface area contributed by atoms with Gasteiger partial charge in [-0.3, -0.25) is 4.79 Å². The Bertz CT molecular complexity index is 682. The van der Waals surface area contributed by atoms with Crippen LogP contribution in [0.1, 0.15) is 34.0 Å². The minimum atomic E-state index is -0.492. The molecular weight excluding hydrogens is 330 g/mol. The molecule has 2 aromatic carbocycles. The normalized spacial score (nSPS) is 17.5. The van der Waals surface area contributed by atoms with E-state index in [9.17, 15) is 9.90 Å². The Hall–Kier alpha value is -1.65. The number of aryl methyl sites for hydroxylation is 1. The van der Waals surface area contributed by atoms with Crippen molar-refractivity contribution >= 4 is 27.5 Å². The third kappa shape index (κ3) is 2.74. The standard InChI is InChI=1S/C17H16BrNO2/c1-11-2-7-15-14(10-11)16(20)8-9-19(15)17(21)12-3-5-13(18)6-4-12/h2-7,10,16,20H,8-9H2,1H3. The van der Waals surface area contributed by atoms with E-state index < -0.39 is 6.10 Å². The number of halogens is 1. The monoisotopic (exact) mass is 345 g/mol. The van der Waals surface area contributed by atoms with E-state index in [2.05, 4.69) is 15.9 Å². The van der Waals surface area contributed by atoms with Crippen molar-refractivity contribution < 1.29 is 9.90 Å². The molecule has 21 heavy (non-hydrogen) atoms. The minimum Gasteiger partial charge on any atom is -0.388 e. The Balaban J connectivity index is 1.99. The van der Waals surface area contributed by atoms with Crippen LogP contribution in [0.2, 0.25) is 0 Å². The molecule has 0 aliphatic carbocycles. The Morgan fingerprint density at radius 1 is 1.24 bits per heavy atom. The maximum atomic E-state index is 12.7. The maximum Gasteiger partial charge on any atom is 0.258 e. The predicted octanol–water partition coefficient (Wildman–Crippen LogP) is 3.84. The summed E-state index contributed by atoms with van der Waals surface area (Å²) in [5, 5.41) is 10.1. The average Bonchev–Trinajstić information content (AvgIpc) is 2.48. The molecule has 0 saturated carbocycles. The molecule has 0 spiro atoms. The van der Waals surface area contributed by atoms with Gasteiger partial charge < -0.3 is 10.0 Å². The van der Waals surface area contributed by atoms with E-state index in [4.69, 9.17) is 0 Å². The molecule has 1 heterocycles. The Kier molecular flexibility index (Phi) is 3.83. The van der Waals surface area contributed by atoms with Gasteiger partial charge in [0, 0.05) is 27.8 Å². The van der Waals surface area contributed by atoms with E-state index in [0.717, 1.165) is 21.3 Å². The number of nitrogens with zero attached hydrogens (tertiary/aromatic N) is 1. The van der Waals surface area contributed by atoms with Crippen molar-refractivity contribution in [1.29, 1.82) is 0 Å². The van der Waals surface area contributed by atoms with Gasteiger partial charge in [-0.2, -0.15) is 0 Å². The van der Waals surface area contributed by atoms with Crippen LogP contribution >= 0.6 is 15.9 Å². The number of rotatable bonds is 1. The number of amides is 1. The number of hydrogen-bond donors (Lipinski definition) is 1. The lowest BCUT2D eigenvalue weighted by Gasteiger charge is -2.32. The predicted molar refractivity (Wildman–Crippen MR) is 86.6 cm³/mol. The number of hydrogen-bond acceptors (Lipinski definition) is 2. The molecule has 3 nitrogen and oxygen atoms in total. The first-order valence-electron chi connectivity index (χ1n) is 6.92. The van der Waals surface area contributed by atoms with Crippen LogP contribution in [0, 0.1) is 6.92 Å². The molecule has 108 valence electrons. The first-order valence-corrected chi connectivity index (χ1v) is 7.71. The molecule has 1 unspecified atom stereocenters. The van der Waals surface area contributed by atoms with Crippen molar-refractivity contribution in [2.24, 2.45) is 0 Å². The first-order chi connectivity index (χ1) is 10.1. The topological polar surface area (TPSA) is 40.5 Å². The van der Waals surface area contributed by atoms with Gasteiger partial charge in [-0.25, -0.2) is 0 Å². The quantitative estimate of drug-likeness (QED) is 0.852. The summed E-state index contributed by atoms with van der Waals surface area (Å²) >= 11 is 3.37. The second-order valence-corrected chi connectivity index (χ2v) is 6.25.